The van der Waals surface area contributed by atoms with Gasteiger partial charge in [0.25, 0.3) is 0 Å². The molecule has 0 radical (unpaired) electrons. The zero-order valence-corrected chi connectivity index (χ0v) is 12.0. The van der Waals surface area contributed by atoms with Crippen molar-refractivity contribution in [1.82, 2.24) is 4.90 Å². The van der Waals surface area contributed by atoms with Crippen molar-refractivity contribution in [2.75, 3.05) is 13.7 Å². The van der Waals surface area contributed by atoms with E-state index in [9.17, 15) is 27.2 Å². The number of hydrogen-bond acceptors (Lipinski definition) is 3. The van der Waals surface area contributed by atoms with Gasteiger partial charge in [0.1, 0.15) is 12.4 Å². The van der Waals surface area contributed by atoms with Gasteiger partial charge in [-0.2, -0.15) is 13.2 Å². The van der Waals surface area contributed by atoms with Gasteiger partial charge in [-0.25, -0.2) is 4.39 Å². The zero-order chi connectivity index (χ0) is 16.9. The smallest absolute Gasteiger partial charge is 0.419 e. The van der Waals surface area contributed by atoms with Crippen LogP contribution in [0.25, 0.3) is 0 Å². The van der Waals surface area contributed by atoms with Gasteiger partial charge in [-0.1, -0.05) is 13.0 Å². The molecule has 0 saturated heterocycles. The van der Waals surface area contributed by atoms with Crippen LogP contribution in [0.4, 0.5) is 17.6 Å². The summed E-state index contributed by atoms with van der Waals surface area (Å²) in [5.74, 6) is -2.10. The van der Waals surface area contributed by atoms with Gasteiger partial charge in [0.05, 0.1) is 18.7 Å². The summed E-state index contributed by atoms with van der Waals surface area (Å²) in [6.45, 7) is 1.23. The first-order valence-electron chi connectivity index (χ1n) is 6.39. The Bertz CT molecular complexity index is 545. The van der Waals surface area contributed by atoms with Crippen LogP contribution in [-0.4, -0.2) is 30.9 Å². The molecule has 0 spiro atoms. The van der Waals surface area contributed by atoms with E-state index < -0.39 is 36.1 Å². The minimum absolute atomic E-state index is 0.0900. The van der Waals surface area contributed by atoms with Crippen LogP contribution in [0.5, 0.6) is 0 Å². The molecule has 0 aliphatic rings. The highest BCUT2D eigenvalue weighted by molar-refractivity contribution is 5.74. The summed E-state index contributed by atoms with van der Waals surface area (Å²) in [6.07, 6.45) is -4.24. The molecule has 0 N–H and O–H groups in total. The Labute approximate surface area is 124 Å². The highest BCUT2D eigenvalue weighted by atomic mass is 19.4. The number of benzene rings is 1. The second kappa shape index (κ2) is 7.24. The number of nitrogens with zero attached hydrogens (tertiary/aromatic N) is 1. The van der Waals surface area contributed by atoms with Crippen LogP contribution in [0.15, 0.2) is 18.2 Å². The average molecular weight is 321 g/mol. The fourth-order valence-electron chi connectivity index (χ4n) is 2.06. The van der Waals surface area contributed by atoms with Gasteiger partial charge in [0, 0.05) is 0 Å². The highest BCUT2D eigenvalue weighted by Crippen LogP contribution is 2.34. The number of rotatable bonds is 6. The molecule has 0 heterocycles. The van der Waals surface area contributed by atoms with Crippen molar-refractivity contribution in [2.24, 2.45) is 0 Å². The normalized spacial score (nSPS) is 12.6. The quantitative estimate of drug-likeness (QED) is 0.460. The monoisotopic (exact) mass is 321 g/mol. The third-order valence-corrected chi connectivity index (χ3v) is 3.14. The summed E-state index contributed by atoms with van der Waals surface area (Å²) in [6, 6.07) is 1.71. The summed E-state index contributed by atoms with van der Waals surface area (Å²) < 4.78 is 56.0. The maximum atomic E-state index is 13.3. The average Bonchev–Trinajstić information content (AvgIpc) is 2.46. The van der Waals surface area contributed by atoms with Crippen LogP contribution in [0.2, 0.25) is 0 Å². The molecule has 0 aromatic heterocycles. The van der Waals surface area contributed by atoms with Crippen molar-refractivity contribution in [1.29, 1.82) is 0 Å². The van der Waals surface area contributed by atoms with E-state index in [1.54, 1.807) is 6.92 Å². The maximum Gasteiger partial charge on any atom is 0.419 e. The third-order valence-electron chi connectivity index (χ3n) is 3.14. The van der Waals surface area contributed by atoms with E-state index in [-0.39, 0.29) is 12.0 Å². The molecule has 1 unspecified atom stereocenters. The van der Waals surface area contributed by atoms with Crippen LogP contribution in [0.1, 0.15) is 30.5 Å². The van der Waals surface area contributed by atoms with Gasteiger partial charge >= 0.3 is 12.1 Å². The Morgan fingerprint density at radius 2 is 2.05 bits per heavy atom. The minimum atomic E-state index is -4.84. The third kappa shape index (κ3) is 4.19. The van der Waals surface area contributed by atoms with Crippen molar-refractivity contribution < 1.29 is 31.9 Å². The van der Waals surface area contributed by atoms with Crippen molar-refractivity contribution in [2.45, 2.75) is 25.6 Å². The topological polar surface area (TPSA) is 46.6 Å². The molecule has 0 fully saturated rings. The predicted molar refractivity (Wildman–Crippen MR) is 69.2 cm³/mol. The molecule has 122 valence electrons. The molecule has 0 bridgehead atoms. The number of methoxy groups -OCH3 is 1. The number of amides is 1. The van der Waals surface area contributed by atoms with Crippen molar-refractivity contribution in [3.63, 3.8) is 0 Å². The number of carbonyl (C=O) groups is 2. The Balaban J connectivity index is 3.19. The van der Waals surface area contributed by atoms with Crippen molar-refractivity contribution in [3.05, 3.63) is 35.1 Å². The molecule has 1 aromatic rings. The van der Waals surface area contributed by atoms with Crippen LogP contribution < -0.4 is 0 Å². The molecule has 22 heavy (non-hydrogen) atoms. The molecule has 0 aliphatic heterocycles. The van der Waals surface area contributed by atoms with Gasteiger partial charge < -0.3 is 9.64 Å². The Morgan fingerprint density at radius 3 is 2.50 bits per heavy atom. The van der Waals surface area contributed by atoms with E-state index >= 15 is 0 Å². The highest BCUT2D eigenvalue weighted by Gasteiger charge is 2.35. The Kier molecular flexibility index (Phi) is 5.90. The first-order valence-corrected chi connectivity index (χ1v) is 6.39. The van der Waals surface area contributed by atoms with Gasteiger partial charge in [0.2, 0.25) is 6.41 Å². The number of ether oxygens (including phenoxy) is 1. The van der Waals surface area contributed by atoms with E-state index in [2.05, 4.69) is 4.74 Å². The molecule has 8 heteroatoms. The lowest BCUT2D eigenvalue weighted by Crippen LogP contribution is -2.33. The second-order valence-electron chi connectivity index (χ2n) is 4.51. The number of carbonyl (C=O) groups excluding carboxylic acids is 2. The number of alkyl halides is 3. The van der Waals surface area contributed by atoms with E-state index in [1.807, 2.05) is 0 Å². The predicted octanol–water partition coefficient (Wildman–Crippen LogP) is 2.93. The summed E-state index contributed by atoms with van der Waals surface area (Å²) in [7, 11) is 1.13. The van der Waals surface area contributed by atoms with Crippen LogP contribution in [0.3, 0.4) is 0 Å². The Morgan fingerprint density at radius 1 is 1.41 bits per heavy atom. The van der Waals surface area contributed by atoms with Crippen molar-refractivity contribution in [3.8, 4) is 0 Å². The lowest BCUT2D eigenvalue weighted by atomic mass is 10.00. The maximum absolute atomic E-state index is 13.3. The van der Waals surface area contributed by atoms with Crippen LogP contribution in [-0.2, 0) is 20.5 Å². The molecule has 0 aliphatic carbocycles. The zero-order valence-electron chi connectivity index (χ0n) is 12.0. The molecule has 0 saturated carbocycles. The summed E-state index contributed by atoms with van der Waals surface area (Å²) in [4.78, 5) is 23.4. The molecule has 1 rings (SSSR count). The fourth-order valence-corrected chi connectivity index (χ4v) is 2.06. The SMILES string of the molecule is CCC(c1ccc(F)c(C(F)(F)F)c1)N(C=O)CC(=O)OC. The molecular weight excluding hydrogens is 306 g/mol. The van der Waals surface area contributed by atoms with E-state index in [0.717, 1.165) is 18.1 Å². The molecule has 1 aromatic carbocycles. The number of esters is 1. The van der Waals surface area contributed by atoms with Crippen LogP contribution >= 0.6 is 0 Å². The molecule has 1 amide bonds. The van der Waals surface area contributed by atoms with Gasteiger partial charge in [0.15, 0.2) is 0 Å². The summed E-state index contributed by atoms with van der Waals surface area (Å²) in [5.41, 5.74) is -1.32. The number of halogens is 4. The summed E-state index contributed by atoms with van der Waals surface area (Å²) in [5, 5.41) is 0. The first-order chi connectivity index (χ1) is 10.2. The van der Waals surface area contributed by atoms with Gasteiger partial charge in [-0.3, -0.25) is 9.59 Å². The van der Waals surface area contributed by atoms with E-state index in [0.29, 0.717) is 18.5 Å². The fraction of sp³-hybridized carbons (Fsp3) is 0.429. The first kappa shape index (κ1) is 17.9. The number of hydrogen-bond donors (Lipinski definition) is 0. The Hall–Kier alpha value is -2.12. The lowest BCUT2D eigenvalue weighted by Gasteiger charge is -2.27. The molecular formula is C14H15F4NO3. The summed E-state index contributed by atoms with van der Waals surface area (Å²) >= 11 is 0. The van der Waals surface area contributed by atoms with Gasteiger partial charge in [-0.15, -0.1) is 0 Å². The van der Waals surface area contributed by atoms with Crippen LogP contribution in [0, 0.1) is 5.82 Å². The largest absolute Gasteiger partial charge is 0.468 e. The second-order valence-corrected chi connectivity index (χ2v) is 4.51. The van der Waals surface area contributed by atoms with E-state index in [4.69, 9.17) is 0 Å². The van der Waals surface area contributed by atoms with Gasteiger partial charge in [-0.05, 0) is 24.1 Å². The molecule has 1 atom stereocenters. The van der Waals surface area contributed by atoms with E-state index in [1.165, 1.54) is 0 Å². The standard InChI is InChI=1S/C14H15F4NO3/c1-3-12(19(8-20)7-13(21)22-2)9-4-5-11(15)10(6-9)14(16,17)18/h4-6,8,12H,3,7H2,1-2H3. The molecule has 4 nitrogen and oxygen atoms in total. The minimum Gasteiger partial charge on any atom is -0.468 e. The van der Waals surface area contributed by atoms with Crippen molar-refractivity contribution >= 4 is 12.4 Å². The lowest BCUT2D eigenvalue weighted by molar-refractivity contribution is -0.145.